The van der Waals surface area contributed by atoms with Gasteiger partial charge in [-0.1, -0.05) is 33.8 Å². The Hall–Kier alpha value is -0.930. The molecule has 1 aliphatic heterocycles. The first-order chi connectivity index (χ1) is 9.43. The van der Waals surface area contributed by atoms with Gasteiger partial charge in [0.2, 0.25) is 0 Å². The van der Waals surface area contributed by atoms with E-state index >= 15 is 0 Å². The second-order valence-electron chi connectivity index (χ2n) is 7.15. The van der Waals surface area contributed by atoms with Crippen molar-refractivity contribution in [3.63, 3.8) is 0 Å². The van der Waals surface area contributed by atoms with Crippen molar-refractivity contribution in [2.24, 2.45) is 17.1 Å². The fourth-order valence-corrected chi connectivity index (χ4v) is 3.25. The molecule has 1 aliphatic rings. The van der Waals surface area contributed by atoms with E-state index in [2.05, 4.69) is 43.6 Å². The molecular formula is C17H29N3. The van der Waals surface area contributed by atoms with Crippen LogP contribution < -0.4 is 5.73 Å². The molecule has 2 heterocycles. The zero-order chi connectivity index (χ0) is 14.8. The Morgan fingerprint density at radius 3 is 2.70 bits per heavy atom. The summed E-state index contributed by atoms with van der Waals surface area (Å²) in [5, 5.41) is 0. The van der Waals surface area contributed by atoms with Crippen LogP contribution in [0.15, 0.2) is 24.5 Å². The molecule has 3 heteroatoms. The van der Waals surface area contributed by atoms with Gasteiger partial charge >= 0.3 is 0 Å². The second kappa shape index (κ2) is 6.23. The molecule has 1 fully saturated rings. The maximum atomic E-state index is 6.41. The minimum absolute atomic E-state index is 0.179. The predicted octanol–water partition coefficient (Wildman–Crippen LogP) is 3.23. The third-order valence-corrected chi connectivity index (χ3v) is 4.74. The zero-order valence-electron chi connectivity index (χ0n) is 13.3. The van der Waals surface area contributed by atoms with Crippen LogP contribution in [-0.4, -0.2) is 29.0 Å². The van der Waals surface area contributed by atoms with Gasteiger partial charge in [0.1, 0.15) is 0 Å². The van der Waals surface area contributed by atoms with Crippen molar-refractivity contribution in [2.45, 2.75) is 52.6 Å². The van der Waals surface area contributed by atoms with Gasteiger partial charge in [0.25, 0.3) is 0 Å². The van der Waals surface area contributed by atoms with Crippen molar-refractivity contribution >= 4 is 0 Å². The van der Waals surface area contributed by atoms with Crippen LogP contribution in [0.4, 0.5) is 0 Å². The third kappa shape index (κ3) is 3.39. The lowest BCUT2D eigenvalue weighted by Crippen LogP contribution is -2.40. The van der Waals surface area contributed by atoms with Crippen LogP contribution in [0.3, 0.4) is 0 Å². The van der Waals surface area contributed by atoms with Crippen LogP contribution in [0, 0.1) is 11.3 Å². The van der Waals surface area contributed by atoms with E-state index < -0.39 is 0 Å². The van der Waals surface area contributed by atoms with Gasteiger partial charge in [-0.15, -0.1) is 0 Å². The SMILES string of the molecule is CCC(N)C(c1cccnc1)N1CCC(C(C)(C)C)C1. The first kappa shape index (κ1) is 15.5. The van der Waals surface area contributed by atoms with E-state index in [1.165, 1.54) is 12.0 Å². The Balaban J connectivity index is 2.17. The van der Waals surface area contributed by atoms with E-state index in [1.54, 1.807) is 0 Å². The standard InChI is InChI=1S/C17H29N3/c1-5-15(18)16(13-7-6-9-19-11-13)20-10-8-14(12-20)17(2,3)4/h6-7,9,11,14-16H,5,8,10,12,18H2,1-4H3. The maximum Gasteiger partial charge on any atom is 0.0514 e. The topological polar surface area (TPSA) is 42.1 Å². The highest BCUT2D eigenvalue weighted by Crippen LogP contribution is 2.38. The summed E-state index contributed by atoms with van der Waals surface area (Å²) < 4.78 is 0. The van der Waals surface area contributed by atoms with Gasteiger partial charge < -0.3 is 5.73 Å². The van der Waals surface area contributed by atoms with Crippen molar-refractivity contribution in [3.8, 4) is 0 Å². The fourth-order valence-electron chi connectivity index (χ4n) is 3.25. The van der Waals surface area contributed by atoms with Crippen molar-refractivity contribution < 1.29 is 0 Å². The molecule has 2 rings (SSSR count). The lowest BCUT2D eigenvalue weighted by Gasteiger charge is -2.34. The largest absolute Gasteiger partial charge is 0.326 e. The molecule has 0 spiro atoms. The smallest absolute Gasteiger partial charge is 0.0514 e. The first-order valence-electron chi connectivity index (χ1n) is 7.83. The molecule has 0 aromatic carbocycles. The summed E-state index contributed by atoms with van der Waals surface area (Å²) >= 11 is 0. The molecule has 1 aromatic rings. The molecule has 0 bridgehead atoms. The Labute approximate surface area is 123 Å². The number of hydrogen-bond donors (Lipinski definition) is 1. The Kier molecular flexibility index (Phi) is 4.82. The molecule has 3 unspecified atom stereocenters. The van der Waals surface area contributed by atoms with Gasteiger partial charge in [0.05, 0.1) is 6.04 Å². The fraction of sp³-hybridized carbons (Fsp3) is 0.706. The third-order valence-electron chi connectivity index (χ3n) is 4.74. The van der Waals surface area contributed by atoms with Gasteiger partial charge in [-0.25, -0.2) is 0 Å². The van der Waals surface area contributed by atoms with E-state index in [1.807, 2.05) is 18.5 Å². The summed E-state index contributed by atoms with van der Waals surface area (Å²) in [6.45, 7) is 11.5. The lowest BCUT2D eigenvalue weighted by molar-refractivity contribution is 0.174. The number of likely N-dealkylation sites (tertiary alicyclic amines) is 1. The van der Waals surface area contributed by atoms with Crippen molar-refractivity contribution in [2.75, 3.05) is 13.1 Å². The van der Waals surface area contributed by atoms with Gasteiger partial charge in [0.15, 0.2) is 0 Å². The monoisotopic (exact) mass is 275 g/mol. The average Bonchev–Trinajstić information content (AvgIpc) is 2.89. The molecule has 1 aromatic heterocycles. The summed E-state index contributed by atoms with van der Waals surface area (Å²) in [4.78, 5) is 6.85. The maximum absolute atomic E-state index is 6.41. The van der Waals surface area contributed by atoms with E-state index in [0.717, 1.165) is 25.4 Å². The Morgan fingerprint density at radius 1 is 1.45 bits per heavy atom. The quantitative estimate of drug-likeness (QED) is 0.917. The number of rotatable bonds is 4. The van der Waals surface area contributed by atoms with Crippen LogP contribution >= 0.6 is 0 Å². The zero-order valence-corrected chi connectivity index (χ0v) is 13.3. The summed E-state index contributed by atoms with van der Waals surface area (Å²) in [5.41, 5.74) is 8.05. The van der Waals surface area contributed by atoms with Crippen LogP contribution in [0.25, 0.3) is 0 Å². The van der Waals surface area contributed by atoms with Crippen LogP contribution in [-0.2, 0) is 0 Å². The van der Waals surface area contributed by atoms with Crippen molar-refractivity contribution in [1.82, 2.24) is 9.88 Å². The molecule has 0 saturated carbocycles. The molecule has 3 atom stereocenters. The molecule has 2 N–H and O–H groups in total. The minimum Gasteiger partial charge on any atom is -0.326 e. The summed E-state index contributed by atoms with van der Waals surface area (Å²) in [5.74, 6) is 0.755. The van der Waals surface area contributed by atoms with Gasteiger partial charge in [-0.3, -0.25) is 9.88 Å². The Bertz CT molecular complexity index is 410. The molecule has 3 nitrogen and oxygen atoms in total. The number of hydrogen-bond acceptors (Lipinski definition) is 3. The van der Waals surface area contributed by atoms with E-state index in [-0.39, 0.29) is 6.04 Å². The van der Waals surface area contributed by atoms with E-state index in [4.69, 9.17) is 5.73 Å². The molecule has 0 radical (unpaired) electrons. The second-order valence-corrected chi connectivity index (χ2v) is 7.15. The summed E-state index contributed by atoms with van der Waals surface area (Å²) in [6, 6.07) is 4.67. The summed E-state index contributed by atoms with van der Waals surface area (Å²) in [6.07, 6.45) is 6.08. The van der Waals surface area contributed by atoms with Crippen LogP contribution in [0.5, 0.6) is 0 Å². The van der Waals surface area contributed by atoms with Crippen molar-refractivity contribution in [1.29, 1.82) is 0 Å². The molecule has 0 amide bonds. The predicted molar refractivity (Wildman–Crippen MR) is 84.4 cm³/mol. The first-order valence-corrected chi connectivity index (χ1v) is 7.83. The number of nitrogens with two attached hydrogens (primary N) is 1. The minimum atomic E-state index is 0.179. The molecule has 20 heavy (non-hydrogen) atoms. The van der Waals surface area contributed by atoms with Crippen LogP contribution in [0.1, 0.15) is 52.1 Å². The van der Waals surface area contributed by atoms with Crippen molar-refractivity contribution in [3.05, 3.63) is 30.1 Å². The lowest BCUT2D eigenvalue weighted by atomic mass is 9.80. The van der Waals surface area contributed by atoms with Crippen LogP contribution in [0.2, 0.25) is 0 Å². The highest BCUT2D eigenvalue weighted by atomic mass is 15.2. The normalized spacial score (nSPS) is 23.8. The number of nitrogens with zero attached hydrogens (tertiary/aromatic N) is 2. The molecule has 0 aliphatic carbocycles. The van der Waals surface area contributed by atoms with E-state index in [0.29, 0.717) is 11.5 Å². The average molecular weight is 275 g/mol. The number of aromatic nitrogens is 1. The highest BCUT2D eigenvalue weighted by molar-refractivity contribution is 5.17. The highest BCUT2D eigenvalue weighted by Gasteiger charge is 2.36. The Morgan fingerprint density at radius 2 is 2.20 bits per heavy atom. The molecular weight excluding hydrogens is 246 g/mol. The molecule has 1 saturated heterocycles. The van der Waals surface area contributed by atoms with E-state index in [9.17, 15) is 0 Å². The summed E-state index contributed by atoms with van der Waals surface area (Å²) in [7, 11) is 0. The number of pyridine rings is 1. The van der Waals surface area contributed by atoms with Gasteiger partial charge in [0, 0.05) is 25.0 Å². The molecule has 112 valence electrons. The van der Waals surface area contributed by atoms with Gasteiger partial charge in [-0.2, -0.15) is 0 Å². The van der Waals surface area contributed by atoms with Gasteiger partial charge in [-0.05, 0) is 42.3 Å².